The minimum absolute atomic E-state index is 0.670. The van der Waals surface area contributed by atoms with E-state index in [4.69, 9.17) is 19.4 Å². The van der Waals surface area contributed by atoms with Crippen molar-refractivity contribution in [2.24, 2.45) is 0 Å². The summed E-state index contributed by atoms with van der Waals surface area (Å²) in [6, 6.07) is 0. The lowest BCUT2D eigenvalue weighted by atomic mass is 9.57. The van der Waals surface area contributed by atoms with Crippen molar-refractivity contribution in [3.63, 3.8) is 0 Å². The largest absolute Gasteiger partial charge is 0.454 e. The molecule has 7 aromatic carbocycles. The Balaban J connectivity index is 1.42. The maximum Gasteiger partial charge on any atom is 0.164 e. The van der Waals surface area contributed by atoms with Gasteiger partial charge in [-0.1, -0.05) is 98.3 Å². The van der Waals surface area contributed by atoms with Crippen LogP contribution in [0.4, 0.5) is 0 Å². The average molecular weight is 972 g/mol. The number of nitrogens with zero attached hydrogens (tertiary/aromatic N) is 4. The van der Waals surface area contributed by atoms with Crippen LogP contribution in [0.3, 0.4) is 0 Å². The molecule has 5 nitrogen and oxygen atoms in total. The zero-order chi connectivity index (χ0) is 57.4. The second kappa shape index (κ2) is 19.3. The van der Waals surface area contributed by atoms with Gasteiger partial charge in [-0.15, -0.1) is 54.6 Å². The highest BCUT2D eigenvalue weighted by Crippen LogP contribution is 2.37. The smallest absolute Gasteiger partial charge is 0.164 e. The van der Waals surface area contributed by atoms with Gasteiger partial charge in [0, 0.05) is 43.9 Å². The summed E-state index contributed by atoms with van der Waals surface area (Å²) in [5, 5.41) is 4.84. The van der Waals surface area contributed by atoms with Crippen LogP contribution in [0.15, 0.2) is 4.42 Å². The predicted molar refractivity (Wildman–Crippen MR) is 432 cm³/mol. The van der Waals surface area contributed by atoms with E-state index in [0.29, 0.717) is 17.5 Å². The Kier molecular flexibility index (Phi) is 13.9. The summed E-state index contributed by atoms with van der Waals surface area (Å²) < 4.78 is 10.4. The van der Waals surface area contributed by atoms with E-state index in [0.717, 1.165) is 55.2 Å². The molecule has 0 N–H and O–H groups in total. The molecule has 346 valence electrons. The Morgan fingerprint density at radius 2 is 0.474 bits per heavy atom. The fourth-order valence-corrected chi connectivity index (χ4v) is 14.2. The number of hydrogen-bond acceptors (Lipinski definition) is 4. The van der Waals surface area contributed by atoms with Gasteiger partial charge in [0.2, 0.25) is 0 Å². The molecule has 0 atom stereocenters. The zero-order valence-electron chi connectivity index (χ0n) is 52.7. The lowest BCUT2D eigenvalue weighted by Crippen LogP contribution is -2.56. The van der Waals surface area contributed by atoms with E-state index < -0.39 is 0 Å². The average Bonchev–Trinajstić information content (AvgIpc) is 3.99. The van der Waals surface area contributed by atoms with Crippen LogP contribution in [0, 0.1) is 0 Å². The molecule has 0 saturated carbocycles. The molecule has 33 heteroatoms. The number of benzene rings is 7. The van der Waals surface area contributed by atoms with E-state index in [1.807, 2.05) is 0 Å². The lowest BCUT2D eigenvalue weighted by molar-refractivity contribution is 0.670. The molecule has 0 radical (unpaired) electrons. The second-order valence-electron chi connectivity index (χ2n) is 24.3. The monoisotopic (exact) mass is 977 g/mol. The van der Waals surface area contributed by atoms with Gasteiger partial charge in [0.25, 0.3) is 0 Å². The maximum atomic E-state index is 7.74. The molecule has 78 heavy (non-hydrogen) atoms. The molecular weight excluding hydrogens is 915 g/mol. The van der Waals surface area contributed by atoms with Gasteiger partial charge in [-0.3, -0.25) is 0 Å². The van der Waals surface area contributed by atoms with E-state index in [-0.39, 0.29) is 0 Å². The summed E-state index contributed by atoms with van der Waals surface area (Å²) in [5.41, 5.74) is 47.1. The van der Waals surface area contributed by atoms with E-state index in [1.165, 1.54) is 175 Å². The van der Waals surface area contributed by atoms with Crippen molar-refractivity contribution in [2.45, 2.75) is 0 Å². The summed E-state index contributed by atoms with van der Waals surface area (Å²) in [7, 11) is 64.1. The van der Waals surface area contributed by atoms with Gasteiger partial charge in [-0.05, 0) is 16.5 Å². The highest BCUT2D eigenvalue weighted by molar-refractivity contribution is 6.75. The number of fused-ring (bicyclic) bond motifs is 6. The minimum atomic E-state index is 0.670. The molecule has 0 aliphatic rings. The van der Waals surface area contributed by atoms with Gasteiger partial charge in [0.05, 0.1) is 5.69 Å². The third kappa shape index (κ3) is 7.52. The zero-order valence-corrected chi connectivity index (χ0v) is 52.7. The van der Waals surface area contributed by atoms with Crippen molar-refractivity contribution < 1.29 is 4.42 Å². The van der Waals surface area contributed by atoms with Gasteiger partial charge in [0.1, 0.15) is 225 Å². The van der Waals surface area contributed by atoms with Crippen molar-refractivity contribution in [1.82, 2.24) is 19.5 Å². The van der Waals surface area contributed by atoms with Gasteiger partial charge in [0.15, 0.2) is 23.1 Å². The van der Waals surface area contributed by atoms with Crippen LogP contribution in [0.25, 0.3) is 94.7 Å². The highest BCUT2D eigenvalue weighted by atomic mass is 16.3. The van der Waals surface area contributed by atoms with Crippen LogP contribution in [0.5, 0.6) is 0 Å². The molecule has 10 aromatic rings. The Morgan fingerprint density at radius 3 is 0.910 bits per heavy atom. The number of rotatable bonds is 5. The highest BCUT2D eigenvalue weighted by Gasteiger charge is 2.32. The van der Waals surface area contributed by atoms with Crippen LogP contribution in [-0.4, -0.2) is 239 Å². The lowest BCUT2D eigenvalue weighted by Gasteiger charge is -2.26. The molecule has 3 aromatic heterocycles. The van der Waals surface area contributed by atoms with Crippen LogP contribution >= 0.6 is 0 Å². The summed E-state index contributed by atoms with van der Waals surface area (Å²) in [6.07, 6.45) is 0. The first-order valence-corrected chi connectivity index (χ1v) is 28.4. The van der Waals surface area contributed by atoms with Crippen molar-refractivity contribution in [1.29, 1.82) is 0 Å². The van der Waals surface area contributed by atoms with Crippen molar-refractivity contribution in [3.05, 3.63) is 0 Å². The summed E-state index contributed by atoms with van der Waals surface area (Å²) >= 11 is 0. The first-order valence-electron chi connectivity index (χ1n) is 28.4. The van der Waals surface area contributed by atoms with Crippen LogP contribution in [0.1, 0.15) is 0 Å². The maximum absolute atomic E-state index is 7.74. The third-order valence-corrected chi connectivity index (χ3v) is 21.5. The molecule has 0 unspecified atom stereocenters. The van der Waals surface area contributed by atoms with E-state index >= 15 is 0 Å². The number of furan rings is 1. The van der Waals surface area contributed by atoms with Crippen molar-refractivity contribution in [2.75, 3.05) is 0 Å². The fraction of sp³-hybridized carbons (Fsp3) is 0. The molecular formula is C45H56B28N4O. The quantitative estimate of drug-likeness (QED) is 0.161. The molecule has 0 aliphatic heterocycles. The Bertz CT molecular complexity index is 4320. The summed E-state index contributed by atoms with van der Waals surface area (Å²) in [4.78, 5) is 17.0. The molecule has 0 fully saturated rings. The molecule has 0 saturated heterocycles. The molecule has 0 amide bonds. The topological polar surface area (TPSA) is 56.7 Å². The van der Waals surface area contributed by atoms with Crippen molar-refractivity contribution in [3.8, 4) is 51.0 Å². The Hall–Kier alpha value is -5.03. The summed E-state index contributed by atoms with van der Waals surface area (Å²) in [6.45, 7) is 0. The molecule has 0 spiro atoms. The van der Waals surface area contributed by atoms with E-state index in [9.17, 15) is 0 Å². The van der Waals surface area contributed by atoms with Crippen LogP contribution in [-0.2, 0) is 0 Å². The minimum Gasteiger partial charge on any atom is -0.454 e. The predicted octanol–water partition coefficient (Wildman–Crippen LogP) is -37.2. The van der Waals surface area contributed by atoms with Gasteiger partial charge in [-0.2, -0.15) is 0 Å². The Labute approximate surface area is 488 Å². The Morgan fingerprint density at radius 1 is 0.205 bits per heavy atom. The van der Waals surface area contributed by atoms with E-state index in [1.54, 1.807) is 0 Å². The van der Waals surface area contributed by atoms with Crippen molar-refractivity contribution >= 4 is 416 Å². The van der Waals surface area contributed by atoms with Crippen LogP contribution in [0.2, 0.25) is 0 Å². The molecule has 10 rings (SSSR count). The SMILES string of the molecule is Bc1c(B)c(B)c(-c2nc(-c3c(B)c(B)c(B)c(B)c3B)nc(-c3c(B)c(B)c(B)c4oc5c(-n6c7c(B)c(B)c(B)c(B)c7c7c(B)c(-c8c(B)c(B)c(B)c(B)c8B)c(B)c(B)c76)c(B)c(B)c(B)c5c34)n2)c(B)c1B. The van der Waals surface area contributed by atoms with E-state index in [2.05, 4.69) is 224 Å². The third-order valence-electron chi connectivity index (χ3n) is 21.5. The molecule has 0 aliphatic carbocycles. The normalized spacial score (nSPS) is 11.7. The standard InChI is InChI=1S/C45H56B28N4O/c46-10-2(3-11(47)21(57)30(66)22(58)12(3)48)13(49)34(70)38-4(10)5-14(50)23(59)33(69)35(71)39(5)77(38)40-36(72)28(64)15(51)6-1-7(16(52)29(65)37(73)41(1)78-42(6)40)43-74-44(8-17(53)24(60)31(67)25(61)18(8)54)76-45(75-43)9-19(55)26(62)32(68)27(63)20(9)56/h46-73H2. The first kappa shape index (κ1) is 56.3. The van der Waals surface area contributed by atoms with Gasteiger partial charge >= 0.3 is 0 Å². The fourth-order valence-electron chi connectivity index (χ4n) is 14.2. The molecule has 3 heterocycles. The van der Waals surface area contributed by atoms with Gasteiger partial charge < -0.3 is 8.98 Å². The van der Waals surface area contributed by atoms with Crippen LogP contribution < -0.4 is 153 Å². The number of aromatic nitrogens is 4. The second-order valence-corrected chi connectivity index (χ2v) is 24.3. The first-order chi connectivity index (χ1) is 36.4. The van der Waals surface area contributed by atoms with Gasteiger partial charge in [-0.25, -0.2) is 15.0 Å². The number of hydrogen-bond donors (Lipinski definition) is 0. The molecule has 0 bridgehead atoms. The summed E-state index contributed by atoms with van der Waals surface area (Å²) in [5.74, 6) is 2.08.